The van der Waals surface area contributed by atoms with Gasteiger partial charge in [-0.3, -0.25) is 9.59 Å². The summed E-state index contributed by atoms with van der Waals surface area (Å²) < 4.78 is 1.69. The van der Waals surface area contributed by atoms with Crippen LogP contribution in [0.2, 0.25) is 0 Å². The molecule has 2 heterocycles. The second kappa shape index (κ2) is 10.0. The molecule has 2 N–H and O–H groups in total. The van der Waals surface area contributed by atoms with Gasteiger partial charge in [-0.15, -0.1) is 16.4 Å². The molecule has 7 nitrogen and oxygen atoms in total. The third kappa shape index (κ3) is 5.09. The fourth-order valence-corrected chi connectivity index (χ4v) is 3.89. The monoisotopic (exact) mass is 445 g/mol. The highest BCUT2D eigenvalue weighted by atomic mass is 32.1. The number of thiophene rings is 1. The van der Waals surface area contributed by atoms with Crippen molar-refractivity contribution in [3.63, 3.8) is 0 Å². The Morgan fingerprint density at radius 2 is 1.88 bits per heavy atom. The number of nitrogens with zero attached hydrogens (tertiary/aromatic N) is 3. The van der Waals surface area contributed by atoms with Crippen molar-refractivity contribution in [2.75, 3.05) is 5.32 Å². The molecule has 2 aromatic carbocycles. The van der Waals surface area contributed by atoms with Gasteiger partial charge in [-0.05, 0) is 47.7 Å². The van der Waals surface area contributed by atoms with E-state index in [4.69, 9.17) is 0 Å². The van der Waals surface area contributed by atoms with Crippen molar-refractivity contribution < 1.29 is 9.59 Å². The van der Waals surface area contributed by atoms with Crippen molar-refractivity contribution in [3.05, 3.63) is 83.5 Å². The van der Waals surface area contributed by atoms with E-state index in [1.165, 1.54) is 0 Å². The molecule has 0 saturated carbocycles. The zero-order chi connectivity index (χ0) is 22.3. The van der Waals surface area contributed by atoms with Crippen LogP contribution < -0.4 is 10.6 Å². The lowest BCUT2D eigenvalue weighted by Crippen LogP contribution is -2.24. The molecule has 4 rings (SSSR count). The first kappa shape index (κ1) is 21.5. The normalized spacial score (nSPS) is 10.7. The minimum absolute atomic E-state index is 0.0227. The lowest BCUT2D eigenvalue weighted by atomic mass is 10.2. The minimum Gasteiger partial charge on any atom is -0.345 e. The average Bonchev–Trinajstić information content (AvgIpc) is 3.48. The van der Waals surface area contributed by atoms with Gasteiger partial charge >= 0.3 is 0 Å². The predicted octanol–water partition coefficient (Wildman–Crippen LogP) is 4.66. The molecule has 0 atom stereocenters. The average molecular weight is 446 g/mol. The molecule has 162 valence electrons. The first-order chi connectivity index (χ1) is 15.6. The van der Waals surface area contributed by atoms with E-state index in [0.717, 1.165) is 22.5 Å². The molecule has 0 unspecified atom stereocenters. The van der Waals surface area contributed by atoms with Gasteiger partial charge in [0.15, 0.2) is 5.82 Å². The second-order valence-corrected chi connectivity index (χ2v) is 8.11. The maximum atomic E-state index is 12.8. The van der Waals surface area contributed by atoms with Crippen LogP contribution in [0.25, 0.3) is 16.4 Å². The highest BCUT2D eigenvalue weighted by Gasteiger charge is 2.19. The third-order valence-corrected chi connectivity index (χ3v) is 5.56. The number of nitrogens with one attached hydrogen (secondary N) is 2. The van der Waals surface area contributed by atoms with Gasteiger partial charge in [-0.25, -0.2) is 9.67 Å². The molecule has 0 spiro atoms. The summed E-state index contributed by atoms with van der Waals surface area (Å²) in [6.07, 6.45) is 1.26. The van der Waals surface area contributed by atoms with Crippen molar-refractivity contribution in [2.24, 2.45) is 0 Å². The number of carbonyl (C=O) groups excluding carboxylic acids is 2. The predicted molar refractivity (Wildman–Crippen MR) is 126 cm³/mol. The number of benzene rings is 2. The van der Waals surface area contributed by atoms with Gasteiger partial charge < -0.3 is 10.6 Å². The topological polar surface area (TPSA) is 88.9 Å². The molecule has 0 bridgehead atoms. The number of hydrogen-bond donors (Lipinski definition) is 2. The Hall–Kier alpha value is -3.78. The SMILES string of the molecule is CCCC(=O)Nc1cccc(CNC(=O)c2nc(-c3cccs3)n(-c3ccccc3)n2)c1. The molecule has 2 amide bonds. The molecular formula is C24H23N5O2S. The summed E-state index contributed by atoms with van der Waals surface area (Å²) in [6, 6.07) is 20.9. The number of hydrogen-bond acceptors (Lipinski definition) is 5. The number of amides is 2. The largest absolute Gasteiger partial charge is 0.345 e. The number of rotatable bonds is 8. The van der Waals surface area contributed by atoms with Gasteiger partial charge in [-0.2, -0.15) is 0 Å². The molecular weight excluding hydrogens is 422 g/mol. The first-order valence-electron chi connectivity index (χ1n) is 10.4. The number of para-hydroxylation sites is 1. The van der Waals surface area contributed by atoms with Gasteiger partial charge in [0.2, 0.25) is 11.7 Å². The Morgan fingerprint density at radius 3 is 2.62 bits per heavy atom. The van der Waals surface area contributed by atoms with E-state index in [-0.39, 0.29) is 17.6 Å². The molecule has 2 aromatic heterocycles. The Labute approximate surface area is 190 Å². The van der Waals surface area contributed by atoms with E-state index in [0.29, 0.717) is 24.5 Å². The van der Waals surface area contributed by atoms with Crippen molar-refractivity contribution in [2.45, 2.75) is 26.3 Å². The van der Waals surface area contributed by atoms with Crippen LogP contribution in [0.1, 0.15) is 35.9 Å². The number of carbonyl (C=O) groups is 2. The summed E-state index contributed by atoms with van der Waals surface area (Å²) in [5.74, 6) is 0.338. The molecule has 32 heavy (non-hydrogen) atoms. The zero-order valence-electron chi connectivity index (χ0n) is 17.6. The molecule has 0 radical (unpaired) electrons. The van der Waals surface area contributed by atoms with Crippen LogP contribution in [0.5, 0.6) is 0 Å². The third-order valence-electron chi connectivity index (χ3n) is 4.69. The smallest absolute Gasteiger partial charge is 0.291 e. The van der Waals surface area contributed by atoms with Crippen LogP contribution in [0.4, 0.5) is 5.69 Å². The Bertz CT molecular complexity index is 1200. The lowest BCUT2D eigenvalue weighted by molar-refractivity contribution is -0.116. The van der Waals surface area contributed by atoms with Crippen LogP contribution >= 0.6 is 11.3 Å². The Kier molecular flexibility index (Phi) is 6.72. The van der Waals surface area contributed by atoms with Crippen LogP contribution in [0, 0.1) is 0 Å². The molecule has 0 aliphatic carbocycles. The summed E-state index contributed by atoms with van der Waals surface area (Å²) in [6.45, 7) is 2.26. The van der Waals surface area contributed by atoms with Crippen LogP contribution in [-0.4, -0.2) is 26.6 Å². The van der Waals surface area contributed by atoms with E-state index < -0.39 is 0 Å². The van der Waals surface area contributed by atoms with Crippen molar-refractivity contribution in [1.82, 2.24) is 20.1 Å². The van der Waals surface area contributed by atoms with Crippen LogP contribution in [0.3, 0.4) is 0 Å². The molecule has 0 saturated heterocycles. The van der Waals surface area contributed by atoms with Gasteiger partial charge in [0, 0.05) is 18.7 Å². The Morgan fingerprint density at radius 1 is 1.03 bits per heavy atom. The fourth-order valence-electron chi connectivity index (χ4n) is 3.19. The first-order valence-corrected chi connectivity index (χ1v) is 11.3. The second-order valence-electron chi connectivity index (χ2n) is 7.16. The van der Waals surface area contributed by atoms with Crippen LogP contribution in [-0.2, 0) is 11.3 Å². The summed E-state index contributed by atoms with van der Waals surface area (Å²) in [4.78, 5) is 30.1. The van der Waals surface area contributed by atoms with E-state index in [1.807, 2.05) is 79.0 Å². The Balaban J connectivity index is 1.50. The van der Waals surface area contributed by atoms with Crippen molar-refractivity contribution in [3.8, 4) is 16.4 Å². The zero-order valence-corrected chi connectivity index (χ0v) is 18.4. The van der Waals surface area contributed by atoms with E-state index in [9.17, 15) is 9.59 Å². The van der Waals surface area contributed by atoms with E-state index in [2.05, 4.69) is 20.7 Å². The van der Waals surface area contributed by atoms with Crippen molar-refractivity contribution >= 4 is 28.8 Å². The van der Waals surface area contributed by atoms with Gasteiger partial charge in [0.05, 0.1) is 10.6 Å². The highest BCUT2D eigenvalue weighted by Crippen LogP contribution is 2.25. The minimum atomic E-state index is -0.363. The maximum absolute atomic E-state index is 12.8. The lowest BCUT2D eigenvalue weighted by Gasteiger charge is -2.07. The summed E-state index contributed by atoms with van der Waals surface area (Å²) in [5.41, 5.74) is 2.41. The van der Waals surface area contributed by atoms with Gasteiger partial charge in [0.1, 0.15) is 0 Å². The van der Waals surface area contributed by atoms with Crippen LogP contribution in [0.15, 0.2) is 72.1 Å². The highest BCUT2D eigenvalue weighted by molar-refractivity contribution is 7.13. The maximum Gasteiger partial charge on any atom is 0.291 e. The van der Waals surface area contributed by atoms with Gasteiger partial charge in [-0.1, -0.05) is 43.3 Å². The van der Waals surface area contributed by atoms with Crippen molar-refractivity contribution in [1.29, 1.82) is 0 Å². The van der Waals surface area contributed by atoms with E-state index in [1.54, 1.807) is 16.0 Å². The quantitative estimate of drug-likeness (QED) is 0.413. The number of aromatic nitrogens is 3. The summed E-state index contributed by atoms with van der Waals surface area (Å²) in [5, 5.41) is 12.2. The van der Waals surface area contributed by atoms with Gasteiger partial charge in [0.25, 0.3) is 5.91 Å². The molecule has 4 aromatic rings. The number of anilines is 1. The molecule has 0 fully saturated rings. The molecule has 0 aliphatic heterocycles. The fraction of sp³-hybridized carbons (Fsp3) is 0.167. The standard InChI is InChI=1S/C24H23N5O2S/c1-2-8-21(30)26-18-10-6-9-17(15-18)16-25-24(31)22-27-23(20-13-7-14-32-20)29(28-22)19-11-4-3-5-12-19/h3-7,9-15H,2,8,16H2,1H3,(H,25,31)(H,26,30). The molecule has 8 heteroatoms. The summed E-state index contributed by atoms with van der Waals surface area (Å²) in [7, 11) is 0. The van der Waals surface area contributed by atoms with E-state index >= 15 is 0 Å². The molecule has 0 aliphatic rings. The summed E-state index contributed by atoms with van der Waals surface area (Å²) >= 11 is 1.54.